The van der Waals surface area contributed by atoms with E-state index >= 15 is 0 Å². The third-order valence-electron chi connectivity index (χ3n) is 4.92. The van der Waals surface area contributed by atoms with Gasteiger partial charge in [-0.05, 0) is 50.4 Å². The van der Waals surface area contributed by atoms with Gasteiger partial charge in [-0.15, -0.1) is 24.8 Å². The van der Waals surface area contributed by atoms with Crippen molar-refractivity contribution >= 4 is 36.4 Å². The van der Waals surface area contributed by atoms with Crippen LogP contribution in [0.4, 0.5) is 14.5 Å². The molecule has 1 amide bonds. The highest BCUT2D eigenvalue weighted by Gasteiger charge is 2.26. The Morgan fingerprint density at radius 3 is 2.78 bits per heavy atom. The Morgan fingerprint density at radius 1 is 1.30 bits per heavy atom. The molecule has 27 heavy (non-hydrogen) atoms. The molecule has 0 aromatic heterocycles. The highest BCUT2D eigenvalue weighted by Crippen LogP contribution is 2.31. The molecule has 1 aromatic rings. The van der Waals surface area contributed by atoms with Crippen LogP contribution in [0.5, 0.6) is 5.75 Å². The molecule has 5 nitrogen and oxygen atoms in total. The van der Waals surface area contributed by atoms with Crippen LogP contribution in [-0.4, -0.2) is 44.7 Å². The maximum atomic E-state index is 12.5. The van der Waals surface area contributed by atoms with E-state index in [1.807, 2.05) is 4.90 Å². The van der Waals surface area contributed by atoms with E-state index in [-0.39, 0.29) is 42.5 Å². The Bertz CT molecular complexity index is 589. The zero-order valence-electron chi connectivity index (χ0n) is 15.0. The van der Waals surface area contributed by atoms with E-state index in [2.05, 4.69) is 15.4 Å². The van der Waals surface area contributed by atoms with Crippen molar-refractivity contribution in [3.8, 4) is 5.75 Å². The summed E-state index contributed by atoms with van der Waals surface area (Å²) in [5.74, 6) is 0.860. The smallest absolute Gasteiger partial charge is 0.387 e. The number of benzene rings is 1. The van der Waals surface area contributed by atoms with Crippen molar-refractivity contribution in [2.24, 2.45) is 5.92 Å². The maximum Gasteiger partial charge on any atom is 0.387 e. The lowest BCUT2D eigenvalue weighted by molar-refractivity contribution is -0.121. The number of hydrogen-bond donors (Lipinski definition) is 2. The van der Waals surface area contributed by atoms with Crippen LogP contribution < -0.4 is 20.3 Å². The largest absolute Gasteiger partial charge is 0.433 e. The van der Waals surface area contributed by atoms with Crippen molar-refractivity contribution < 1.29 is 18.3 Å². The van der Waals surface area contributed by atoms with Gasteiger partial charge in [0.15, 0.2) is 0 Å². The molecule has 154 valence electrons. The van der Waals surface area contributed by atoms with Crippen LogP contribution in [-0.2, 0) is 4.79 Å². The summed E-state index contributed by atoms with van der Waals surface area (Å²) in [5.41, 5.74) is 0.650. The van der Waals surface area contributed by atoms with Gasteiger partial charge in [0.2, 0.25) is 5.91 Å². The van der Waals surface area contributed by atoms with Gasteiger partial charge in [-0.25, -0.2) is 0 Å². The zero-order chi connectivity index (χ0) is 17.6. The second-order valence-electron chi connectivity index (χ2n) is 6.74. The van der Waals surface area contributed by atoms with Crippen LogP contribution >= 0.6 is 24.8 Å². The number of para-hydroxylation sites is 2. The van der Waals surface area contributed by atoms with Crippen molar-refractivity contribution in [1.82, 2.24) is 10.6 Å². The second kappa shape index (κ2) is 11.5. The fraction of sp³-hybridized carbons (Fsp3) is 0.611. The second-order valence-corrected chi connectivity index (χ2v) is 6.74. The van der Waals surface area contributed by atoms with Crippen molar-refractivity contribution in [3.05, 3.63) is 24.3 Å². The van der Waals surface area contributed by atoms with Crippen LogP contribution in [0.3, 0.4) is 0 Å². The topological polar surface area (TPSA) is 53.6 Å². The summed E-state index contributed by atoms with van der Waals surface area (Å²) >= 11 is 0. The molecule has 0 bridgehead atoms. The predicted octanol–water partition coefficient (Wildman–Crippen LogP) is 3.22. The number of carbonyl (C=O) groups excluding carboxylic acids is 1. The Labute approximate surface area is 171 Å². The molecule has 2 aliphatic rings. The minimum Gasteiger partial charge on any atom is -0.433 e. The lowest BCUT2D eigenvalue weighted by atomic mass is 10.0. The Morgan fingerprint density at radius 2 is 2.07 bits per heavy atom. The van der Waals surface area contributed by atoms with Crippen molar-refractivity contribution in [3.63, 3.8) is 0 Å². The molecule has 0 saturated carbocycles. The number of nitrogens with one attached hydrogen (secondary N) is 2. The van der Waals surface area contributed by atoms with E-state index in [9.17, 15) is 13.6 Å². The minimum atomic E-state index is -2.84. The van der Waals surface area contributed by atoms with Crippen LogP contribution in [0.1, 0.15) is 25.7 Å². The fourth-order valence-electron chi connectivity index (χ4n) is 3.61. The van der Waals surface area contributed by atoms with Crippen LogP contribution in [0, 0.1) is 5.92 Å². The summed E-state index contributed by atoms with van der Waals surface area (Å²) in [5, 5.41) is 6.38. The van der Waals surface area contributed by atoms with Gasteiger partial charge in [0, 0.05) is 25.6 Å². The fourth-order valence-corrected chi connectivity index (χ4v) is 3.61. The number of alkyl halides is 2. The first-order chi connectivity index (χ1) is 12.1. The van der Waals surface area contributed by atoms with Gasteiger partial charge in [0.25, 0.3) is 0 Å². The van der Waals surface area contributed by atoms with Gasteiger partial charge in [-0.2, -0.15) is 8.78 Å². The van der Waals surface area contributed by atoms with Crippen LogP contribution in [0.15, 0.2) is 24.3 Å². The third-order valence-corrected chi connectivity index (χ3v) is 4.92. The van der Waals surface area contributed by atoms with Crippen molar-refractivity contribution in [1.29, 1.82) is 0 Å². The normalized spacial score (nSPS) is 21.5. The molecule has 1 aromatic carbocycles. The molecule has 2 fully saturated rings. The Balaban J connectivity index is 0.00000182. The molecular weight excluding hydrogens is 399 g/mol. The molecule has 0 aliphatic carbocycles. The average Bonchev–Trinajstić information content (AvgIpc) is 3.24. The first-order valence-electron chi connectivity index (χ1n) is 8.90. The Kier molecular flexibility index (Phi) is 10.1. The predicted molar refractivity (Wildman–Crippen MR) is 107 cm³/mol. The first-order valence-corrected chi connectivity index (χ1v) is 8.90. The molecule has 9 heteroatoms. The van der Waals surface area contributed by atoms with Gasteiger partial charge < -0.3 is 20.3 Å². The standard InChI is InChI=1S/C18H25F2N3O2.2ClH/c19-18(20)25-16-4-2-1-3-15(16)23-10-8-14(12-23)22-17(24)6-5-13-7-9-21-11-13;;/h1-4,13-14,18,21H,5-12H2,(H,22,24);2*1H. The Hall–Kier alpha value is -1.31. The SMILES string of the molecule is Cl.Cl.O=C(CCC1CCNC1)NC1CCN(c2ccccc2OC(F)F)C1. The molecule has 2 atom stereocenters. The minimum absolute atomic E-state index is 0. The molecule has 2 heterocycles. The maximum absolute atomic E-state index is 12.5. The molecule has 0 radical (unpaired) electrons. The lowest BCUT2D eigenvalue weighted by Gasteiger charge is -2.22. The van der Waals surface area contributed by atoms with Crippen LogP contribution in [0.2, 0.25) is 0 Å². The number of amides is 1. The van der Waals surface area contributed by atoms with Gasteiger partial charge in [-0.3, -0.25) is 4.79 Å². The summed E-state index contributed by atoms with van der Waals surface area (Å²) in [7, 11) is 0. The first kappa shape index (κ1) is 23.7. The van der Waals surface area contributed by atoms with Gasteiger partial charge in [0.05, 0.1) is 5.69 Å². The number of rotatable bonds is 7. The average molecular weight is 426 g/mol. The van der Waals surface area contributed by atoms with Crippen LogP contribution in [0.25, 0.3) is 0 Å². The highest BCUT2D eigenvalue weighted by molar-refractivity contribution is 5.85. The molecule has 2 unspecified atom stereocenters. The lowest BCUT2D eigenvalue weighted by Crippen LogP contribution is -2.37. The third kappa shape index (κ3) is 6.97. The number of halogens is 4. The summed E-state index contributed by atoms with van der Waals surface area (Å²) in [6.45, 7) is 0.529. The zero-order valence-corrected chi connectivity index (χ0v) is 16.7. The summed E-state index contributed by atoms with van der Waals surface area (Å²) in [6, 6.07) is 6.84. The quantitative estimate of drug-likeness (QED) is 0.703. The summed E-state index contributed by atoms with van der Waals surface area (Å²) in [6.07, 6.45) is 3.42. The molecule has 2 saturated heterocycles. The molecule has 3 rings (SSSR count). The van der Waals surface area contributed by atoms with Gasteiger partial charge in [-0.1, -0.05) is 12.1 Å². The van der Waals surface area contributed by atoms with E-state index in [0.717, 1.165) is 32.4 Å². The van der Waals surface area contributed by atoms with E-state index < -0.39 is 6.61 Å². The summed E-state index contributed by atoms with van der Waals surface area (Å²) < 4.78 is 29.7. The van der Waals surface area contributed by atoms with Gasteiger partial charge >= 0.3 is 6.61 Å². The molecular formula is C18H27Cl2F2N3O2. The number of nitrogens with zero attached hydrogens (tertiary/aromatic N) is 1. The van der Waals surface area contributed by atoms with Crippen molar-refractivity contribution in [2.45, 2.75) is 38.3 Å². The number of carbonyl (C=O) groups is 1. The van der Waals surface area contributed by atoms with E-state index in [1.54, 1.807) is 24.3 Å². The van der Waals surface area contributed by atoms with Crippen molar-refractivity contribution in [2.75, 3.05) is 31.1 Å². The molecule has 0 spiro atoms. The molecule has 2 aliphatic heterocycles. The number of anilines is 1. The molecule has 2 N–H and O–H groups in total. The number of ether oxygens (including phenoxy) is 1. The van der Waals surface area contributed by atoms with Gasteiger partial charge in [0.1, 0.15) is 5.75 Å². The monoisotopic (exact) mass is 425 g/mol. The van der Waals surface area contributed by atoms with E-state index in [1.165, 1.54) is 0 Å². The number of hydrogen-bond acceptors (Lipinski definition) is 4. The summed E-state index contributed by atoms with van der Waals surface area (Å²) in [4.78, 5) is 14.1. The van der Waals surface area contributed by atoms with E-state index in [4.69, 9.17) is 0 Å². The highest BCUT2D eigenvalue weighted by atomic mass is 35.5. The van der Waals surface area contributed by atoms with E-state index in [0.29, 0.717) is 31.1 Å².